The molecule has 0 unspecified atom stereocenters. The Labute approximate surface area is 82.2 Å². The molecule has 0 saturated heterocycles. The van der Waals surface area contributed by atoms with Crippen LogP contribution in [-0.4, -0.2) is 31.8 Å². The van der Waals surface area contributed by atoms with Gasteiger partial charge in [-0.05, 0) is 12.1 Å². The molecule has 0 aliphatic carbocycles. The summed E-state index contributed by atoms with van der Waals surface area (Å²) in [6.07, 6.45) is 1.39. The molecule has 1 heterocycles. The summed E-state index contributed by atoms with van der Waals surface area (Å²) in [6.45, 7) is 0. The number of pyridine rings is 1. The van der Waals surface area contributed by atoms with Crippen molar-refractivity contribution in [2.75, 3.05) is 14.1 Å². The fourth-order valence-electron chi connectivity index (χ4n) is 0.734. The zero-order chi connectivity index (χ0) is 10.1. The third-order valence-corrected chi connectivity index (χ3v) is 3.64. The van der Waals surface area contributed by atoms with Crippen molar-refractivity contribution in [1.29, 1.82) is 0 Å². The number of nitrogens with zero attached hydrogens (tertiary/aromatic N) is 2. The predicted molar refractivity (Wildman–Crippen MR) is 50.1 cm³/mol. The number of sulfonamides is 1. The second-order valence-corrected chi connectivity index (χ2v) is 5.05. The van der Waals surface area contributed by atoms with Crippen molar-refractivity contribution >= 4 is 21.6 Å². The Kier molecular flexibility index (Phi) is 2.90. The summed E-state index contributed by atoms with van der Waals surface area (Å²) >= 11 is 5.68. The summed E-state index contributed by atoms with van der Waals surface area (Å²) in [4.78, 5) is 3.71. The zero-order valence-corrected chi connectivity index (χ0v) is 8.80. The Bertz CT molecular complexity index is 403. The van der Waals surface area contributed by atoms with E-state index in [1.807, 2.05) is 0 Å². The van der Waals surface area contributed by atoms with Gasteiger partial charge < -0.3 is 0 Å². The summed E-state index contributed by atoms with van der Waals surface area (Å²) in [5.74, 6) is 0. The molecule has 0 N–H and O–H groups in total. The molecule has 4 nitrogen and oxygen atoms in total. The molecule has 0 bridgehead atoms. The Balaban J connectivity index is 3.32. The minimum absolute atomic E-state index is 0.110. The van der Waals surface area contributed by atoms with Gasteiger partial charge in [-0.25, -0.2) is 17.7 Å². The SMILES string of the molecule is CN(C)S(=O)(=O)c1ncccc1Cl. The first-order chi connectivity index (χ1) is 5.96. The molecule has 0 aliphatic heterocycles. The largest absolute Gasteiger partial charge is 0.261 e. The Hall–Kier alpha value is -0.650. The van der Waals surface area contributed by atoms with Crippen LogP contribution < -0.4 is 0 Å². The number of aromatic nitrogens is 1. The maximum Gasteiger partial charge on any atom is 0.261 e. The highest BCUT2D eigenvalue weighted by Gasteiger charge is 2.21. The van der Waals surface area contributed by atoms with E-state index in [2.05, 4.69) is 4.98 Å². The number of hydrogen-bond acceptors (Lipinski definition) is 3. The number of halogens is 1. The van der Waals surface area contributed by atoms with Gasteiger partial charge in [-0.15, -0.1) is 0 Å². The quantitative estimate of drug-likeness (QED) is 0.747. The van der Waals surface area contributed by atoms with Crippen LogP contribution in [0.5, 0.6) is 0 Å². The lowest BCUT2D eigenvalue weighted by Gasteiger charge is -2.10. The molecule has 0 radical (unpaired) electrons. The van der Waals surface area contributed by atoms with Crippen LogP contribution in [0.2, 0.25) is 5.02 Å². The second-order valence-electron chi connectivity index (χ2n) is 2.58. The van der Waals surface area contributed by atoms with Crippen LogP contribution in [0.1, 0.15) is 0 Å². The van der Waals surface area contributed by atoms with E-state index in [-0.39, 0.29) is 10.0 Å². The fraction of sp³-hybridized carbons (Fsp3) is 0.286. The first-order valence-corrected chi connectivity index (χ1v) is 5.31. The lowest BCUT2D eigenvalue weighted by Crippen LogP contribution is -2.23. The van der Waals surface area contributed by atoms with Crippen LogP contribution in [0.15, 0.2) is 23.4 Å². The van der Waals surface area contributed by atoms with Gasteiger partial charge in [0.05, 0.1) is 5.02 Å². The molecular weight excluding hydrogens is 212 g/mol. The molecule has 6 heteroatoms. The molecule has 0 saturated carbocycles. The maximum atomic E-state index is 11.5. The van der Waals surface area contributed by atoms with Gasteiger partial charge in [-0.3, -0.25) is 0 Å². The topological polar surface area (TPSA) is 50.3 Å². The molecule has 1 rings (SSSR count). The first kappa shape index (κ1) is 10.4. The summed E-state index contributed by atoms with van der Waals surface area (Å²) in [7, 11) is -0.656. The second kappa shape index (κ2) is 3.61. The van der Waals surface area contributed by atoms with E-state index in [4.69, 9.17) is 11.6 Å². The van der Waals surface area contributed by atoms with Crippen molar-refractivity contribution in [2.45, 2.75) is 5.03 Å². The fourth-order valence-corrected chi connectivity index (χ4v) is 2.00. The first-order valence-electron chi connectivity index (χ1n) is 3.49. The smallest absolute Gasteiger partial charge is 0.242 e. The Morgan fingerprint density at radius 1 is 1.46 bits per heavy atom. The van der Waals surface area contributed by atoms with Crippen molar-refractivity contribution in [3.05, 3.63) is 23.4 Å². The van der Waals surface area contributed by atoms with Gasteiger partial charge in [0.1, 0.15) is 0 Å². The van der Waals surface area contributed by atoms with Crippen molar-refractivity contribution in [2.24, 2.45) is 0 Å². The normalized spacial score (nSPS) is 12.0. The van der Waals surface area contributed by atoms with Crippen LogP contribution in [0.3, 0.4) is 0 Å². The molecule has 0 aliphatic rings. The van der Waals surface area contributed by atoms with Crippen LogP contribution in [0.4, 0.5) is 0 Å². The van der Waals surface area contributed by atoms with Crippen molar-refractivity contribution < 1.29 is 8.42 Å². The third kappa shape index (κ3) is 1.99. The van der Waals surface area contributed by atoms with Gasteiger partial charge >= 0.3 is 0 Å². The van der Waals surface area contributed by atoms with E-state index >= 15 is 0 Å². The van der Waals surface area contributed by atoms with E-state index in [1.54, 1.807) is 6.07 Å². The van der Waals surface area contributed by atoms with Crippen LogP contribution in [0.25, 0.3) is 0 Å². The lowest BCUT2D eigenvalue weighted by atomic mass is 10.5. The summed E-state index contributed by atoms with van der Waals surface area (Å²) in [5.41, 5.74) is 0. The van der Waals surface area contributed by atoms with Gasteiger partial charge in [0.25, 0.3) is 10.0 Å². The Morgan fingerprint density at radius 3 is 2.54 bits per heavy atom. The third-order valence-electron chi connectivity index (χ3n) is 1.45. The lowest BCUT2D eigenvalue weighted by molar-refractivity contribution is 0.517. The van der Waals surface area contributed by atoms with E-state index in [0.29, 0.717) is 0 Å². The number of hydrogen-bond donors (Lipinski definition) is 0. The monoisotopic (exact) mass is 220 g/mol. The average Bonchev–Trinajstić information content (AvgIpc) is 2.04. The van der Waals surface area contributed by atoms with Gasteiger partial charge in [0.15, 0.2) is 5.03 Å². The van der Waals surface area contributed by atoms with Crippen molar-refractivity contribution in [3.63, 3.8) is 0 Å². The summed E-state index contributed by atoms with van der Waals surface area (Å²) in [6, 6.07) is 3.07. The van der Waals surface area contributed by atoms with E-state index in [9.17, 15) is 8.42 Å². The highest BCUT2D eigenvalue weighted by Crippen LogP contribution is 2.19. The molecule has 13 heavy (non-hydrogen) atoms. The highest BCUT2D eigenvalue weighted by atomic mass is 35.5. The van der Waals surface area contributed by atoms with E-state index in [1.165, 1.54) is 26.4 Å². The van der Waals surface area contributed by atoms with Gasteiger partial charge in [0, 0.05) is 20.3 Å². The average molecular weight is 221 g/mol. The highest BCUT2D eigenvalue weighted by molar-refractivity contribution is 7.89. The molecule has 0 aromatic carbocycles. The number of rotatable bonds is 2. The maximum absolute atomic E-state index is 11.5. The van der Waals surface area contributed by atoms with Gasteiger partial charge in [-0.1, -0.05) is 11.6 Å². The predicted octanol–water partition coefficient (Wildman–Crippen LogP) is 0.985. The molecule has 0 atom stereocenters. The van der Waals surface area contributed by atoms with E-state index in [0.717, 1.165) is 4.31 Å². The molecule has 0 fully saturated rings. The van der Waals surface area contributed by atoms with Crippen molar-refractivity contribution in [1.82, 2.24) is 9.29 Å². The van der Waals surface area contributed by atoms with Gasteiger partial charge in [-0.2, -0.15) is 0 Å². The van der Waals surface area contributed by atoms with Crippen LogP contribution in [0, 0.1) is 0 Å². The molecule has 0 amide bonds. The molecule has 1 aromatic heterocycles. The minimum Gasteiger partial charge on any atom is -0.242 e. The molecule has 72 valence electrons. The molecular formula is C7H9ClN2O2S. The zero-order valence-electron chi connectivity index (χ0n) is 7.23. The molecule has 0 spiro atoms. The summed E-state index contributed by atoms with van der Waals surface area (Å²) in [5, 5.41) is 0.0258. The van der Waals surface area contributed by atoms with E-state index < -0.39 is 10.0 Å². The Morgan fingerprint density at radius 2 is 2.08 bits per heavy atom. The van der Waals surface area contributed by atoms with Crippen LogP contribution in [-0.2, 0) is 10.0 Å². The minimum atomic E-state index is -3.52. The van der Waals surface area contributed by atoms with Crippen molar-refractivity contribution in [3.8, 4) is 0 Å². The summed E-state index contributed by atoms with van der Waals surface area (Å²) < 4.78 is 24.1. The van der Waals surface area contributed by atoms with Gasteiger partial charge in [0.2, 0.25) is 0 Å². The van der Waals surface area contributed by atoms with Crippen LogP contribution >= 0.6 is 11.6 Å². The molecule has 1 aromatic rings. The standard InChI is InChI=1S/C7H9ClN2O2S/c1-10(2)13(11,12)7-6(8)4-3-5-9-7/h3-5H,1-2H3.